The van der Waals surface area contributed by atoms with Crippen LogP contribution in [-0.4, -0.2) is 45.0 Å². The summed E-state index contributed by atoms with van der Waals surface area (Å²) in [5.41, 5.74) is 1.13. The summed E-state index contributed by atoms with van der Waals surface area (Å²) < 4.78 is 0. The van der Waals surface area contributed by atoms with Crippen LogP contribution in [0.4, 0.5) is 0 Å². The van der Waals surface area contributed by atoms with Crippen LogP contribution in [0.3, 0.4) is 0 Å². The highest BCUT2D eigenvalue weighted by molar-refractivity contribution is 5.05. The molecule has 0 aromatic carbocycles. The molecule has 0 amide bonds. The molecule has 2 rings (SSSR count). The van der Waals surface area contributed by atoms with Crippen LogP contribution in [0, 0.1) is 11.8 Å². The lowest BCUT2D eigenvalue weighted by molar-refractivity contribution is -0.0415. The standard InChI is InChI=1S/C24H46N2/c1-19-15-21(3,4)25(22(5,6)16-19)13-11-12-14-26-23(7,8)17-20(2)18-24(26,9)10/h11-12,19-20H,13-18H2,1-10H3/b12-11+. The van der Waals surface area contributed by atoms with Gasteiger partial charge in [0.15, 0.2) is 0 Å². The van der Waals surface area contributed by atoms with Gasteiger partial charge in [-0.15, -0.1) is 0 Å². The van der Waals surface area contributed by atoms with E-state index in [2.05, 4.69) is 91.2 Å². The summed E-state index contributed by atoms with van der Waals surface area (Å²) in [4.78, 5) is 5.45. The van der Waals surface area contributed by atoms with E-state index in [-0.39, 0.29) is 22.2 Å². The normalized spacial score (nSPS) is 30.1. The smallest absolute Gasteiger partial charge is 0.0174 e. The van der Waals surface area contributed by atoms with Crippen LogP contribution in [0.2, 0.25) is 0 Å². The van der Waals surface area contributed by atoms with E-state index < -0.39 is 0 Å². The molecule has 2 heteroatoms. The van der Waals surface area contributed by atoms with Crippen molar-refractivity contribution < 1.29 is 0 Å². The van der Waals surface area contributed by atoms with Gasteiger partial charge in [-0.1, -0.05) is 26.0 Å². The number of piperidine rings is 2. The van der Waals surface area contributed by atoms with E-state index in [1.54, 1.807) is 0 Å². The van der Waals surface area contributed by atoms with Gasteiger partial charge in [-0.05, 0) is 92.9 Å². The monoisotopic (exact) mass is 362 g/mol. The van der Waals surface area contributed by atoms with Crippen molar-refractivity contribution in [3.63, 3.8) is 0 Å². The first kappa shape index (κ1) is 22.0. The third-order valence-electron chi connectivity index (χ3n) is 7.06. The summed E-state index contributed by atoms with van der Waals surface area (Å²) in [5, 5.41) is 0. The van der Waals surface area contributed by atoms with Gasteiger partial charge in [0.25, 0.3) is 0 Å². The predicted octanol–water partition coefficient (Wildman–Crippen LogP) is 6.12. The van der Waals surface area contributed by atoms with Gasteiger partial charge in [-0.25, -0.2) is 0 Å². The van der Waals surface area contributed by atoms with E-state index in [1.165, 1.54) is 25.7 Å². The van der Waals surface area contributed by atoms with Crippen LogP contribution in [0.25, 0.3) is 0 Å². The van der Waals surface area contributed by atoms with Crippen molar-refractivity contribution in [1.82, 2.24) is 9.80 Å². The van der Waals surface area contributed by atoms with Crippen LogP contribution in [-0.2, 0) is 0 Å². The van der Waals surface area contributed by atoms with Crippen molar-refractivity contribution in [1.29, 1.82) is 0 Å². The van der Waals surface area contributed by atoms with Gasteiger partial charge in [-0.3, -0.25) is 9.80 Å². The van der Waals surface area contributed by atoms with Gasteiger partial charge in [0.2, 0.25) is 0 Å². The quantitative estimate of drug-likeness (QED) is 0.556. The Morgan fingerprint density at radius 3 is 1.04 bits per heavy atom. The summed E-state index contributed by atoms with van der Waals surface area (Å²) in [5.74, 6) is 1.63. The molecule has 2 nitrogen and oxygen atoms in total. The Labute approximate surface area is 164 Å². The molecule has 2 heterocycles. The molecular weight excluding hydrogens is 316 g/mol. The van der Waals surface area contributed by atoms with E-state index in [1.807, 2.05) is 0 Å². The largest absolute Gasteiger partial charge is 0.289 e. The minimum absolute atomic E-state index is 0.282. The molecule has 0 unspecified atom stereocenters. The molecule has 0 spiro atoms. The third kappa shape index (κ3) is 4.73. The molecule has 0 aliphatic carbocycles. The van der Waals surface area contributed by atoms with Crippen molar-refractivity contribution in [2.24, 2.45) is 11.8 Å². The van der Waals surface area contributed by atoms with Crippen LogP contribution >= 0.6 is 0 Å². The fraction of sp³-hybridized carbons (Fsp3) is 0.917. The zero-order valence-corrected chi connectivity index (χ0v) is 19.4. The molecule has 0 bridgehead atoms. The minimum Gasteiger partial charge on any atom is -0.289 e. The highest BCUT2D eigenvalue weighted by Gasteiger charge is 2.44. The lowest BCUT2D eigenvalue weighted by Crippen LogP contribution is -2.60. The van der Waals surface area contributed by atoms with Gasteiger partial charge in [0.1, 0.15) is 0 Å². The zero-order chi connectivity index (χ0) is 20.0. The van der Waals surface area contributed by atoms with Crippen molar-refractivity contribution >= 4 is 0 Å². The third-order valence-corrected chi connectivity index (χ3v) is 7.06. The number of hydrogen-bond acceptors (Lipinski definition) is 2. The van der Waals surface area contributed by atoms with Crippen molar-refractivity contribution in [2.45, 2.75) is 117 Å². The van der Waals surface area contributed by atoms with E-state index >= 15 is 0 Å². The van der Waals surface area contributed by atoms with Crippen LogP contribution in [0.1, 0.15) is 94.9 Å². The first-order valence-corrected chi connectivity index (χ1v) is 10.9. The van der Waals surface area contributed by atoms with E-state index in [0.29, 0.717) is 0 Å². The Balaban J connectivity index is 2.04. The van der Waals surface area contributed by atoms with Gasteiger partial charge in [0, 0.05) is 35.2 Å². The van der Waals surface area contributed by atoms with Gasteiger partial charge in [0.05, 0.1) is 0 Å². The first-order valence-electron chi connectivity index (χ1n) is 10.9. The molecule has 152 valence electrons. The molecule has 2 aliphatic heterocycles. The summed E-state index contributed by atoms with van der Waals surface area (Å²) in [6, 6.07) is 0. The van der Waals surface area contributed by atoms with Gasteiger partial charge >= 0.3 is 0 Å². The number of nitrogens with zero attached hydrogens (tertiary/aromatic N) is 2. The maximum Gasteiger partial charge on any atom is 0.0174 e. The highest BCUT2D eigenvalue weighted by Crippen LogP contribution is 2.42. The molecule has 2 saturated heterocycles. The molecular formula is C24H46N2. The van der Waals surface area contributed by atoms with Crippen LogP contribution in [0.5, 0.6) is 0 Å². The molecule has 0 aromatic heterocycles. The summed E-state index contributed by atoms with van der Waals surface area (Å²) in [6.45, 7) is 26.4. The van der Waals surface area contributed by atoms with E-state index in [0.717, 1.165) is 24.9 Å². The summed E-state index contributed by atoms with van der Waals surface area (Å²) in [6.07, 6.45) is 10.1. The summed E-state index contributed by atoms with van der Waals surface area (Å²) >= 11 is 0. The molecule has 0 atom stereocenters. The number of hydrogen-bond donors (Lipinski definition) is 0. The van der Waals surface area contributed by atoms with Crippen molar-refractivity contribution in [2.75, 3.05) is 13.1 Å². The van der Waals surface area contributed by atoms with E-state index in [4.69, 9.17) is 0 Å². The zero-order valence-electron chi connectivity index (χ0n) is 19.4. The lowest BCUT2D eigenvalue weighted by Gasteiger charge is -2.55. The topological polar surface area (TPSA) is 6.48 Å². The number of likely N-dealkylation sites (tertiary alicyclic amines) is 2. The first-order chi connectivity index (χ1) is 11.7. The van der Waals surface area contributed by atoms with Crippen molar-refractivity contribution in [3.05, 3.63) is 12.2 Å². The maximum absolute atomic E-state index is 2.73. The fourth-order valence-electron chi connectivity index (χ4n) is 6.98. The molecule has 2 fully saturated rings. The second kappa shape index (κ2) is 7.24. The average molecular weight is 363 g/mol. The predicted molar refractivity (Wildman–Crippen MR) is 116 cm³/mol. The SMILES string of the molecule is CC1CC(C)(C)N(C/C=C/CN2C(C)(C)CC(C)CC2(C)C)C(C)(C)C1. The Hall–Kier alpha value is -0.340. The second-order valence-corrected chi connectivity index (χ2v) is 12.0. The molecule has 0 radical (unpaired) electrons. The lowest BCUT2D eigenvalue weighted by atomic mass is 9.74. The highest BCUT2D eigenvalue weighted by atomic mass is 15.3. The maximum atomic E-state index is 2.73. The molecule has 0 N–H and O–H groups in total. The Kier molecular flexibility index (Phi) is 6.12. The second-order valence-electron chi connectivity index (χ2n) is 12.0. The van der Waals surface area contributed by atoms with E-state index in [9.17, 15) is 0 Å². The molecule has 0 aromatic rings. The molecule has 26 heavy (non-hydrogen) atoms. The van der Waals surface area contributed by atoms with Gasteiger partial charge in [-0.2, -0.15) is 0 Å². The summed E-state index contributed by atoms with van der Waals surface area (Å²) in [7, 11) is 0. The molecule has 0 saturated carbocycles. The Morgan fingerprint density at radius 1 is 0.577 bits per heavy atom. The van der Waals surface area contributed by atoms with Crippen LogP contribution in [0.15, 0.2) is 12.2 Å². The Morgan fingerprint density at radius 2 is 0.808 bits per heavy atom. The Bertz CT molecular complexity index is 430. The molecule has 2 aliphatic rings. The van der Waals surface area contributed by atoms with Crippen LogP contribution < -0.4 is 0 Å². The fourth-order valence-corrected chi connectivity index (χ4v) is 6.98. The average Bonchev–Trinajstić information content (AvgIpc) is 2.35. The van der Waals surface area contributed by atoms with Crippen molar-refractivity contribution in [3.8, 4) is 0 Å². The van der Waals surface area contributed by atoms with Gasteiger partial charge < -0.3 is 0 Å². The number of rotatable bonds is 4. The minimum atomic E-state index is 0.282.